The van der Waals surface area contributed by atoms with Crippen LogP contribution in [0.4, 0.5) is 0 Å². The molecule has 0 spiro atoms. The van der Waals surface area contributed by atoms with Crippen molar-refractivity contribution >= 4 is 5.91 Å². The molecular weight excluding hydrogens is 216 g/mol. The van der Waals surface area contributed by atoms with Crippen molar-refractivity contribution in [3.63, 3.8) is 0 Å². The molecule has 0 aromatic heterocycles. The maximum absolute atomic E-state index is 11.7. The van der Waals surface area contributed by atoms with E-state index in [1.54, 1.807) is 0 Å². The molecule has 102 valence electrons. The molecular formula is C13H28N2O2. The molecule has 3 atom stereocenters. The smallest absolute Gasteiger partial charge is 0.237 e. The summed E-state index contributed by atoms with van der Waals surface area (Å²) < 4.78 is 0. The molecule has 0 saturated heterocycles. The zero-order chi connectivity index (χ0) is 13.4. The molecule has 0 rings (SSSR count). The normalized spacial score (nSPS) is 16.6. The zero-order valence-corrected chi connectivity index (χ0v) is 11.6. The Morgan fingerprint density at radius 3 is 2.18 bits per heavy atom. The third-order valence-electron chi connectivity index (χ3n) is 3.64. The van der Waals surface area contributed by atoms with Crippen molar-refractivity contribution in [2.24, 2.45) is 17.6 Å². The van der Waals surface area contributed by atoms with Gasteiger partial charge in [0, 0.05) is 6.54 Å². The van der Waals surface area contributed by atoms with Gasteiger partial charge in [0.2, 0.25) is 5.91 Å². The highest BCUT2D eigenvalue weighted by atomic mass is 16.3. The summed E-state index contributed by atoms with van der Waals surface area (Å²) in [6.07, 6.45) is 2.25. The minimum absolute atomic E-state index is 0.163. The first-order valence-electron chi connectivity index (χ1n) is 6.69. The Morgan fingerprint density at radius 1 is 1.24 bits per heavy atom. The molecule has 0 bridgehead atoms. The molecule has 0 aliphatic heterocycles. The van der Waals surface area contributed by atoms with Gasteiger partial charge < -0.3 is 16.2 Å². The van der Waals surface area contributed by atoms with Gasteiger partial charge in [0.15, 0.2) is 0 Å². The van der Waals surface area contributed by atoms with Crippen LogP contribution in [0, 0.1) is 11.8 Å². The summed E-state index contributed by atoms with van der Waals surface area (Å²) in [6.45, 7) is 8.36. The quantitative estimate of drug-likeness (QED) is 0.602. The van der Waals surface area contributed by atoms with Gasteiger partial charge >= 0.3 is 0 Å². The van der Waals surface area contributed by atoms with Gasteiger partial charge in [-0.1, -0.05) is 47.0 Å². The molecule has 0 aromatic carbocycles. The topological polar surface area (TPSA) is 75.3 Å². The van der Waals surface area contributed by atoms with Gasteiger partial charge in [-0.05, 0) is 11.8 Å². The Balaban J connectivity index is 4.06. The van der Waals surface area contributed by atoms with E-state index in [9.17, 15) is 9.90 Å². The standard InChI is InChI=1S/C13H28N2O2/c1-5-9(4)12(14)13(17)15-8-11(16)10(6-2)7-3/h9-12,16H,5-8,14H2,1-4H3,(H,15,17)/t9-,11?,12-/m0/s1. The van der Waals surface area contributed by atoms with Crippen LogP contribution in [0.25, 0.3) is 0 Å². The van der Waals surface area contributed by atoms with Crippen molar-refractivity contribution < 1.29 is 9.90 Å². The van der Waals surface area contributed by atoms with Crippen LogP contribution in [0.5, 0.6) is 0 Å². The van der Waals surface area contributed by atoms with Crippen LogP contribution in [0.2, 0.25) is 0 Å². The Morgan fingerprint density at radius 2 is 1.76 bits per heavy atom. The Bertz CT molecular complexity index is 217. The van der Waals surface area contributed by atoms with Crippen molar-refractivity contribution in [3.8, 4) is 0 Å². The van der Waals surface area contributed by atoms with E-state index in [1.165, 1.54) is 0 Å². The molecule has 0 aliphatic rings. The average molecular weight is 244 g/mol. The maximum Gasteiger partial charge on any atom is 0.237 e. The molecule has 0 fully saturated rings. The van der Waals surface area contributed by atoms with Crippen molar-refractivity contribution in [3.05, 3.63) is 0 Å². The van der Waals surface area contributed by atoms with E-state index in [0.29, 0.717) is 6.54 Å². The first kappa shape index (κ1) is 16.4. The lowest BCUT2D eigenvalue weighted by atomic mass is 9.96. The van der Waals surface area contributed by atoms with E-state index in [-0.39, 0.29) is 17.7 Å². The van der Waals surface area contributed by atoms with E-state index in [0.717, 1.165) is 19.3 Å². The van der Waals surface area contributed by atoms with E-state index in [4.69, 9.17) is 5.73 Å². The Hall–Kier alpha value is -0.610. The van der Waals surface area contributed by atoms with Crippen molar-refractivity contribution in [1.29, 1.82) is 0 Å². The highest BCUT2D eigenvalue weighted by molar-refractivity contribution is 5.81. The Labute approximate surface area is 105 Å². The van der Waals surface area contributed by atoms with Crippen LogP contribution in [0.1, 0.15) is 47.0 Å². The summed E-state index contributed by atoms with van der Waals surface area (Å²) in [5, 5.41) is 12.6. The fourth-order valence-electron chi connectivity index (χ4n) is 1.83. The minimum atomic E-state index is -0.478. The molecule has 0 aliphatic carbocycles. The second-order valence-electron chi connectivity index (χ2n) is 4.80. The zero-order valence-electron chi connectivity index (χ0n) is 11.6. The van der Waals surface area contributed by atoms with Crippen LogP contribution in [-0.4, -0.2) is 29.7 Å². The molecule has 17 heavy (non-hydrogen) atoms. The fraction of sp³-hybridized carbons (Fsp3) is 0.923. The molecule has 4 N–H and O–H groups in total. The number of amides is 1. The summed E-state index contributed by atoms with van der Waals surface area (Å²) in [7, 11) is 0. The van der Waals surface area contributed by atoms with Crippen LogP contribution >= 0.6 is 0 Å². The minimum Gasteiger partial charge on any atom is -0.391 e. The monoisotopic (exact) mass is 244 g/mol. The van der Waals surface area contributed by atoms with E-state index in [1.807, 2.05) is 27.7 Å². The number of aliphatic hydroxyl groups is 1. The van der Waals surface area contributed by atoms with E-state index >= 15 is 0 Å². The fourth-order valence-corrected chi connectivity index (χ4v) is 1.83. The molecule has 1 amide bonds. The van der Waals surface area contributed by atoms with Crippen LogP contribution in [-0.2, 0) is 4.79 Å². The highest BCUT2D eigenvalue weighted by Gasteiger charge is 2.21. The largest absolute Gasteiger partial charge is 0.391 e. The number of nitrogens with one attached hydrogen (secondary N) is 1. The van der Waals surface area contributed by atoms with Gasteiger partial charge in [-0.3, -0.25) is 4.79 Å². The predicted molar refractivity (Wildman–Crippen MR) is 70.5 cm³/mol. The molecule has 1 unspecified atom stereocenters. The van der Waals surface area contributed by atoms with Crippen molar-refractivity contribution in [2.45, 2.75) is 59.1 Å². The van der Waals surface area contributed by atoms with Gasteiger partial charge in [0.25, 0.3) is 0 Å². The van der Waals surface area contributed by atoms with Gasteiger partial charge in [-0.2, -0.15) is 0 Å². The van der Waals surface area contributed by atoms with E-state index < -0.39 is 12.1 Å². The van der Waals surface area contributed by atoms with Crippen LogP contribution in [0.3, 0.4) is 0 Å². The molecule has 4 heteroatoms. The van der Waals surface area contributed by atoms with Crippen LogP contribution in [0.15, 0.2) is 0 Å². The lowest BCUT2D eigenvalue weighted by Crippen LogP contribution is -2.47. The summed E-state index contributed by atoms with van der Waals surface area (Å²) in [5.74, 6) is 0.250. The van der Waals surface area contributed by atoms with Gasteiger partial charge in [-0.15, -0.1) is 0 Å². The summed E-state index contributed by atoms with van der Waals surface area (Å²) in [6, 6.07) is -0.478. The second kappa shape index (κ2) is 8.48. The third kappa shape index (κ3) is 5.50. The summed E-state index contributed by atoms with van der Waals surface area (Å²) >= 11 is 0. The lowest BCUT2D eigenvalue weighted by Gasteiger charge is -2.22. The average Bonchev–Trinajstić information content (AvgIpc) is 2.35. The van der Waals surface area contributed by atoms with Crippen molar-refractivity contribution in [1.82, 2.24) is 5.32 Å². The van der Waals surface area contributed by atoms with E-state index in [2.05, 4.69) is 5.32 Å². The molecule has 0 radical (unpaired) electrons. The number of nitrogens with two attached hydrogens (primary N) is 1. The number of aliphatic hydroxyl groups excluding tert-OH is 1. The first-order chi connectivity index (χ1) is 7.97. The third-order valence-corrected chi connectivity index (χ3v) is 3.64. The summed E-state index contributed by atoms with van der Waals surface area (Å²) in [4.78, 5) is 11.7. The number of carbonyl (C=O) groups excluding carboxylic acids is 1. The van der Waals surface area contributed by atoms with Crippen molar-refractivity contribution in [2.75, 3.05) is 6.54 Å². The number of rotatable bonds is 8. The SMILES string of the molecule is CCC(CC)C(O)CNC(=O)[C@@H](N)[C@@H](C)CC. The predicted octanol–water partition coefficient (Wildman–Crippen LogP) is 1.27. The van der Waals surface area contributed by atoms with Crippen LogP contribution < -0.4 is 11.1 Å². The van der Waals surface area contributed by atoms with Gasteiger partial charge in [-0.25, -0.2) is 0 Å². The second-order valence-corrected chi connectivity index (χ2v) is 4.80. The molecule has 0 heterocycles. The summed E-state index contributed by atoms with van der Waals surface area (Å²) in [5.41, 5.74) is 5.80. The molecule has 4 nitrogen and oxygen atoms in total. The molecule has 0 aromatic rings. The lowest BCUT2D eigenvalue weighted by molar-refractivity contribution is -0.124. The maximum atomic E-state index is 11.7. The number of carbonyl (C=O) groups is 1. The molecule has 0 saturated carbocycles. The van der Waals surface area contributed by atoms with Gasteiger partial charge in [0.1, 0.15) is 0 Å². The number of hydrogen-bond acceptors (Lipinski definition) is 3. The number of hydrogen-bond donors (Lipinski definition) is 3. The van der Waals surface area contributed by atoms with Gasteiger partial charge in [0.05, 0.1) is 12.1 Å². The highest BCUT2D eigenvalue weighted by Crippen LogP contribution is 2.12. The Kier molecular flexibility index (Phi) is 8.17. The first-order valence-corrected chi connectivity index (χ1v) is 6.69.